The molecule has 0 spiro atoms. The van der Waals surface area contributed by atoms with Crippen molar-refractivity contribution in [3.05, 3.63) is 64.7 Å². The summed E-state index contributed by atoms with van der Waals surface area (Å²) >= 11 is 0. The lowest BCUT2D eigenvalue weighted by Crippen LogP contribution is -2.32. The van der Waals surface area contributed by atoms with Crippen LogP contribution in [0, 0.1) is 0 Å². The van der Waals surface area contributed by atoms with Crippen LogP contribution in [0.4, 0.5) is 0 Å². The second-order valence-electron chi connectivity index (χ2n) is 8.15. The molecule has 33 heavy (non-hydrogen) atoms. The van der Waals surface area contributed by atoms with Crippen LogP contribution in [0.15, 0.2) is 42.5 Å². The third-order valence-electron chi connectivity index (χ3n) is 6.04. The van der Waals surface area contributed by atoms with Crippen molar-refractivity contribution in [3.63, 3.8) is 0 Å². The first-order valence-corrected chi connectivity index (χ1v) is 10.2. The molecule has 0 saturated carbocycles. The van der Waals surface area contributed by atoms with Crippen molar-refractivity contribution in [2.24, 2.45) is 0 Å². The van der Waals surface area contributed by atoms with Gasteiger partial charge in [0.1, 0.15) is 23.4 Å². The largest absolute Gasteiger partial charge is 0.507 e. The molecule has 3 atom stereocenters. The number of phenolic OH excluding ortho intramolecular Hbond substituents is 5. The number of rotatable bonds is 2. The van der Waals surface area contributed by atoms with Crippen LogP contribution < -0.4 is 9.47 Å². The summed E-state index contributed by atoms with van der Waals surface area (Å²) in [6.45, 7) is 0. The van der Waals surface area contributed by atoms with Gasteiger partial charge in [-0.05, 0) is 35.4 Å². The Hall–Kier alpha value is -4.11. The van der Waals surface area contributed by atoms with Gasteiger partial charge in [-0.25, -0.2) is 0 Å². The van der Waals surface area contributed by atoms with Gasteiger partial charge < -0.3 is 40.1 Å². The fourth-order valence-corrected chi connectivity index (χ4v) is 4.44. The van der Waals surface area contributed by atoms with Crippen LogP contribution >= 0.6 is 0 Å². The highest BCUT2D eigenvalue weighted by Crippen LogP contribution is 2.52. The molecule has 9 nitrogen and oxygen atoms in total. The third kappa shape index (κ3) is 3.42. The summed E-state index contributed by atoms with van der Waals surface area (Å²) in [7, 11) is 0. The van der Waals surface area contributed by atoms with E-state index in [1.807, 2.05) is 0 Å². The van der Waals surface area contributed by atoms with Gasteiger partial charge in [0.2, 0.25) is 0 Å². The summed E-state index contributed by atoms with van der Waals surface area (Å²) < 4.78 is 11.4. The van der Waals surface area contributed by atoms with E-state index in [-0.39, 0.29) is 53.1 Å². The Balaban J connectivity index is 1.59. The van der Waals surface area contributed by atoms with E-state index in [1.54, 1.807) is 6.07 Å². The topological polar surface area (TPSA) is 157 Å². The van der Waals surface area contributed by atoms with E-state index in [1.165, 1.54) is 36.4 Å². The highest BCUT2D eigenvalue weighted by atomic mass is 16.5. The number of carbonyl (C=O) groups excluding carboxylic acids is 1. The summed E-state index contributed by atoms with van der Waals surface area (Å²) in [5.41, 5.74) is 1.62. The molecule has 2 heterocycles. The van der Waals surface area contributed by atoms with Crippen molar-refractivity contribution in [1.29, 1.82) is 0 Å². The van der Waals surface area contributed by atoms with E-state index in [0.717, 1.165) is 0 Å². The zero-order valence-electron chi connectivity index (χ0n) is 17.1. The number of esters is 1. The molecule has 3 aromatic carbocycles. The predicted octanol–water partition coefficient (Wildman–Crippen LogP) is 2.69. The number of ether oxygens (including phenoxy) is 2. The summed E-state index contributed by atoms with van der Waals surface area (Å²) in [6, 6.07) is 9.59. The standard InChI is InChI=1S/C24H20O9/c25-14-3-1-10(5-16(14)27)12-8-21(31)33-24-13-7-19(30)23(11-2-4-15(26)17(28)6-11)32-20(13)9-18(29)22(12)24/h1-6,9,12,19,23,25-30H,7-8H2/t12?,19-,23+/m0/s1. The number of carbonyl (C=O) groups is 1. The molecular formula is C24H20O9. The summed E-state index contributed by atoms with van der Waals surface area (Å²) in [5.74, 6) is -2.46. The molecular weight excluding hydrogens is 432 g/mol. The minimum Gasteiger partial charge on any atom is -0.507 e. The van der Waals surface area contributed by atoms with E-state index >= 15 is 0 Å². The Morgan fingerprint density at radius 1 is 0.758 bits per heavy atom. The molecule has 2 aliphatic heterocycles. The fourth-order valence-electron chi connectivity index (χ4n) is 4.44. The summed E-state index contributed by atoms with van der Waals surface area (Å²) in [6.07, 6.45) is -2.04. The first kappa shape index (κ1) is 20.8. The molecule has 0 saturated heterocycles. The highest BCUT2D eigenvalue weighted by molar-refractivity contribution is 5.80. The van der Waals surface area contributed by atoms with Crippen molar-refractivity contribution in [3.8, 4) is 40.2 Å². The zero-order chi connectivity index (χ0) is 23.4. The molecule has 170 valence electrons. The van der Waals surface area contributed by atoms with Crippen LogP contribution in [0.1, 0.15) is 40.7 Å². The number of hydrogen-bond donors (Lipinski definition) is 6. The van der Waals surface area contributed by atoms with Crippen molar-refractivity contribution in [1.82, 2.24) is 0 Å². The average Bonchev–Trinajstić information content (AvgIpc) is 2.77. The summed E-state index contributed by atoms with van der Waals surface area (Å²) in [4.78, 5) is 12.4. The molecule has 0 aliphatic carbocycles. The number of aliphatic hydroxyl groups excluding tert-OH is 1. The molecule has 0 fully saturated rings. The smallest absolute Gasteiger partial charge is 0.312 e. The summed E-state index contributed by atoms with van der Waals surface area (Å²) in [5, 5.41) is 60.5. The lowest BCUT2D eigenvalue weighted by Gasteiger charge is -2.35. The van der Waals surface area contributed by atoms with Gasteiger partial charge in [-0.1, -0.05) is 12.1 Å². The zero-order valence-corrected chi connectivity index (χ0v) is 17.1. The lowest BCUT2D eigenvalue weighted by molar-refractivity contribution is -0.135. The maximum Gasteiger partial charge on any atom is 0.312 e. The fraction of sp³-hybridized carbons (Fsp3) is 0.208. The van der Waals surface area contributed by atoms with Crippen LogP contribution in [0.5, 0.6) is 40.2 Å². The quantitative estimate of drug-likeness (QED) is 0.195. The van der Waals surface area contributed by atoms with E-state index in [0.29, 0.717) is 22.3 Å². The Labute approximate surface area is 187 Å². The minimum absolute atomic E-state index is 0.0328. The SMILES string of the molecule is O=C1CC(c2ccc(O)c(O)c2)c2c(O)cc3c(c2O1)C[C@H](O)[C@@H](c1ccc(O)c(O)c1)O3. The number of phenols is 5. The third-order valence-corrected chi connectivity index (χ3v) is 6.04. The van der Waals surface area contributed by atoms with E-state index in [2.05, 4.69) is 0 Å². The number of aromatic hydroxyl groups is 5. The van der Waals surface area contributed by atoms with Gasteiger partial charge in [-0.2, -0.15) is 0 Å². The van der Waals surface area contributed by atoms with Crippen molar-refractivity contribution in [2.75, 3.05) is 0 Å². The van der Waals surface area contributed by atoms with Crippen LogP contribution in [0.25, 0.3) is 0 Å². The van der Waals surface area contributed by atoms with Gasteiger partial charge in [0.15, 0.2) is 23.0 Å². The normalized spacial score (nSPS) is 21.5. The maximum absolute atomic E-state index is 12.4. The highest BCUT2D eigenvalue weighted by Gasteiger charge is 2.39. The first-order valence-electron chi connectivity index (χ1n) is 10.2. The molecule has 0 bridgehead atoms. The van der Waals surface area contributed by atoms with Crippen LogP contribution in [0.3, 0.4) is 0 Å². The Morgan fingerprint density at radius 3 is 2.06 bits per heavy atom. The Morgan fingerprint density at radius 2 is 1.39 bits per heavy atom. The average molecular weight is 452 g/mol. The van der Waals surface area contributed by atoms with Crippen molar-refractivity contribution >= 4 is 5.97 Å². The molecule has 0 radical (unpaired) electrons. The van der Waals surface area contributed by atoms with Gasteiger partial charge in [-0.15, -0.1) is 0 Å². The molecule has 0 aromatic heterocycles. The monoisotopic (exact) mass is 452 g/mol. The van der Waals surface area contributed by atoms with E-state index < -0.39 is 24.1 Å². The van der Waals surface area contributed by atoms with E-state index in [9.17, 15) is 35.4 Å². The second-order valence-corrected chi connectivity index (χ2v) is 8.15. The van der Waals surface area contributed by atoms with Gasteiger partial charge in [0.05, 0.1) is 12.5 Å². The number of benzene rings is 3. The molecule has 1 unspecified atom stereocenters. The number of aliphatic hydroxyl groups is 1. The van der Waals surface area contributed by atoms with Crippen LogP contribution in [-0.2, 0) is 11.2 Å². The van der Waals surface area contributed by atoms with Gasteiger partial charge in [0.25, 0.3) is 0 Å². The number of hydrogen-bond acceptors (Lipinski definition) is 9. The molecule has 9 heteroatoms. The van der Waals surface area contributed by atoms with Crippen molar-refractivity contribution in [2.45, 2.75) is 31.0 Å². The van der Waals surface area contributed by atoms with Crippen molar-refractivity contribution < 1.29 is 44.9 Å². The first-order chi connectivity index (χ1) is 15.7. The van der Waals surface area contributed by atoms with Gasteiger partial charge in [-0.3, -0.25) is 4.79 Å². The molecule has 5 rings (SSSR count). The second kappa shape index (κ2) is 7.49. The predicted molar refractivity (Wildman–Crippen MR) is 113 cm³/mol. The van der Waals surface area contributed by atoms with Crippen LogP contribution in [-0.4, -0.2) is 42.7 Å². The molecule has 2 aliphatic rings. The molecule has 3 aromatic rings. The van der Waals surface area contributed by atoms with Crippen LogP contribution in [0.2, 0.25) is 0 Å². The maximum atomic E-state index is 12.4. The lowest BCUT2D eigenvalue weighted by atomic mass is 9.82. The number of fused-ring (bicyclic) bond motifs is 3. The van der Waals surface area contributed by atoms with Gasteiger partial charge >= 0.3 is 5.97 Å². The molecule has 0 amide bonds. The van der Waals surface area contributed by atoms with E-state index in [4.69, 9.17) is 9.47 Å². The minimum atomic E-state index is -1.08. The Kier molecular flexibility index (Phi) is 4.71. The van der Waals surface area contributed by atoms with Gasteiger partial charge in [0, 0.05) is 29.5 Å². The Bertz CT molecular complexity index is 1280. The molecule has 6 N–H and O–H groups in total.